The number of allylic oxidation sites excluding steroid dienone is 1. The lowest BCUT2D eigenvalue weighted by atomic mass is 10.1. The van der Waals surface area contributed by atoms with Crippen LogP contribution >= 0.6 is 0 Å². The van der Waals surface area contributed by atoms with Crippen LogP contribution in [0.5, 0.6) is 0 Å². The number of carbonyl (C=O) groups is 2. The molecule has 0 aliphatic carbocycles. The van der Waals surface area contributed by atoms with Gasteiger partial charge < -0.3 is 16.2 Å². The van der Waals surface area contributed by atoms with Gasteiger partial charge in [0.25, 0.3) is 11.8 Å². The number of primary amides is 2. The zero-order chi connectivity index (χ0) is 10.0. The molecule has 0 aromatic rings. The predicted octanol–water partition coefficient (Wildman–Crippen LogP) is -0.814. The normalized spacial score (nSPS) is 23.9. The van der Waals surface area contributed by atoms with Crippen LogP contribution in [0.15, 0.2) is 23.5 Å². The van der Waals surface area contributed by atoms with Crippen LogP contribution in [0.25, 0.3) is 0 Å². The molecule has 2 amide bonds. The molecular weight excluding hydrogens is 172 g/mol. The Morgan fingerprint density at radius 1 is 1.54 bits per heavy atom. The second kappa shape index (κ2) is 3.30. The number of carbonyl (C=O) groups excluding carboxylic acids is 2. The topological polar surface area (TPSA) is 95.4 Å². The number of rotatable bonds is 2. The van der Waals surface area contributed by atoms with Gasteiger partial charge in [-0.2, -0.15) is 0 Å². The van der Waals surface area contributed by atoms with E-state index in [0.717, 1.165) is 0 Å². The van der Waals surface area contributed by atoms with Gasteiger partial charge in [0.05, 0.1) is 0 Å². The Kier molecular flexibility index (Phi) is 2.36. The van der Waals surface area contributed by atoms with Gasteiger partial charge in [0.1, 0.15) is 0 Å². The highest BCUT2D eigenvalue weighted by Crippen LogP contribution is 2.21. The fourth-order valence-electron chi connectivity index (χ4n) is 1.04. The van der Waals surface area contributed by atoms with Gasteiger partial charge in [0.15, 0.2) is 5.76 Å². The smallest absolute Gasteiger partial charge is 0.283 e. The number of hydrogen-bond donors (Lipinski definition) is 2. The molecule has 1 atom stereocenters. The van der Waals surface area contributed by atoms with E-state index in [4.69, 9.17) is 16.2 Å². The number of amides is 2. The quantitative estimate of drug-likeness (QED) is 0.584. The third kappa shape index (κ3) is 1.69. The van der Waals surface area contributed by atoms with Crippen LogP contribution in [0.2, 0.25) is 0 Å². The maximum Gasteiger partial charge on any atom is 0.283 e. The summed E-state index contributed by atoms with van der Waals surface area (Å²) >= 11 is 0. The van der Waals surface area contributed by atoms with Crippen LogP contribution in [0.4, 0.5) is 0 Å². The second-order valence-corrected chi connectivity index (χ2v) is 2.56. The third-order valence-corrected chi connectivity index (χ3v) is 1.68. The highest BCUT2D eigenvalue weighted by Gasteiger charge is 2.29. The standard InChI is InChI=1S/C8H10N2O3/c1-2-4-3-5(7(9)11)13-6(4)8(10)12/h2-3,6H,1H3,(H2,9,11)(H2,10,12). The molecular formula is C8H10N2O3. The molecule has 0 radical (unpaired) electrons. The summed E-state index contributed by atoms with van der Waals surface area (Å²) in [5.74, 6) is -1.37. The average Bonchev–Trinajstić information content (AvgIpc) is 2.47. The minimum atomic E-state index is -0.882. The van der Waals surface area contributed by atoms with Crippen LogP contribution in [0.3, 0.4) is 0 Å². The molecule has 5 heteroatoms. The van der Waals surface area contributed by atoms with E-state index in [-0.39, 0.29) is 5.76 Å². The number of ether oxygens (including phenoxy) is 1. The van der Waals surface area contributed by atoms with Crippen molar-refractivity contribution in [3.63, 3.8) is 0 Å². The van der Waals surface area contributed by atoms with Gasteiger partial charge in [-0.1, -0.05) is 6.08 Å². The molecule has 1 aliphatic rings. The van der Waals surface area contributed by atoms with Gasteiger partial charge in [0.2, 0.25) is 6.10 Å². The van der Waals surface area contributed by atoms with E-state index in [1.807, 2.05) is 0 Å². The van der Waals surface area contributed by atoms with Crippen molar-refractivity contribution in [1.82, 2.24) is 0 Å². The van der Waals surface area contributed by atoms with Gasteiger partial charge in [-0.15, -0.1) is 0 Å². The molecule has 0 aromatic heterocycles. The van der Waals surface area contributed by atoms with Crippen LogP contribution in [0, 0.1) is 0 Å². The molecule has 0 bridgehead atoms. The highest BCUT2D eigenvalue weighted by atomic mass is 16.5. The molecule has 4 N–H and O–H groups in total. The average molecular weight is 182 g/mol. The molecule has 5 nitrogen and oxygen atoms in total. The van der Waals surface area contributed by atoms with Crippen molar-refractivity contribution in [1.29, 1.82) is 0 Å². The molecule has 1 heterocycles. The summed E-state index contributed by atoms with van der Waals surface area (Å²) in [6.45, 7) is 1.72. The maximum atomic E-state index is 10.8. The summed E-state index contributed by atoms with van der Waals surface area (Å²) < 4.78 is 4.93. The van der Waals surface area contributed by atoms with E-state index in [1.54, 1.807) is 13.0 Å². The molecule has 0 aromatic carbocycles. The highest BCUT2D eigenvalue weighted by molar-refractivity contribution is 5.94. The van der Waals surface area contributed by atoms with Crippen molar-refractivity contribution in [3.05, 3.63) is 23.5 Å². The fraction of sp³-hybridized carbons (Fsp3) is 0.250. The van der Waals surface area contributed by atoms with Crippen molar-refractivity contribution in [2.75, 3.05) is 0 Å². The molecule has 1 rings (SSSR count). The lowest BCUT2D eigenvalue weighted by Gasteiger charge is -2.08. The first-order valence-corrected chi connectivity index (χ1v) is 3.70. The van der Waals surface area contributed by atoms with Crippen molar-refractivity contribution >= 4 is 11.8 Å². The lowest BCUT2D eigenvalue weighted by molar-refractivity contribution is -0.126. The molecule has 1 aliphatic heterocycles. The van der Waals surface area contributed by atoms with E-state index < -0.39 is 17.9 Å². The minimum Gasteiger partial charge on any atom is -0.470 e. The SMILES string of the molecule is CC=C1C=C(C(N)=O)OC1C(N)=O. The number of nitrogens with two attached hydrogens (primary N) is 2. The molecule has 0 saturated heterocycles. The maximum absolute atomic E-state index is 10.8. The van der Waals surface area contributed by atoms with Crippen LogP contribution in [-0.2, 0) is 14.3 Å². The number of hydrogen-bond acceptors (Lipinski definition) is 3. The molecule has 0 saturated carbocycles. The fourth-order valence-corrected chi connectivity index (χ4v) is 1.04. The van der Waals surface area contributed by atoms with E-state index in [2.05, 4.69) is 0 Å². The van der Waals surface area contributed by atoms with Crippen molar-refractivity contribution in [3.8, 4) is 0 Å². The largest absolute Gasteiger partial charge is 0.470 e. The van der Waals surface area contributed by atoms with Crippen molar-refractivity contribution in [2.45, 2.75) is 13.0 Å². The van der Waals surface area contributed by atoms with E-state index in [9.17, 15) is 9.59 Å². The molecule has 0 spiro atoms. The zero-order valence-corrected chi connectivity index (χ0v) is 7.11. The van der Waals surface area contributed by atoms with Gasteiger partial charge in [-0.25, -0.2) is 0 Å². The van der Waals surface area contributed by atoms with Crippen molar-refractivity contribution < 1.29 is 14.3 Å². The monoisotopic (exact) mass is 182 g/mol. The Morgan fingerprint density at radius 2 is 2.15 bits per heavy atom. The summed E-state index contributed by atoms with van der Waals surface area (Å²) in [7, 11) is 0. The Bertz CT molecular complexity index is 317. The molecule has 13 heavy (non-hydrogen) atoms. The van der Waals surface area contributed by atoms with E-state index in [0.29, 0.717) is 5.57 Å². The van der Waals surface area contributed by atoms with Gasteiger partial charge >= 0.3 is 0 Å². The van der Waals surface area contributed by atoms with Crippen LogP contribution in [0.1, 0.15) is 6.92 Å². The van der Waals surface area contributed by atoms with E-state index in [1.165, 1.54) is 6.08 Å². The Hall–Kier alpha value is -1.78. The van der Waals surface area contributed by atoms with Crippen LogP contribution in [-0.4, -0.2) is 17.9 Å². The first kappa shape index (κ1) is 9.31. The first-order valence-electron chi connectivity index (χ1n) is 3.70. The van der Waals surface area contributed by atoms with Crippen molar-refractivity contribution in [2.24, 2.45) is 11.5 Å². The summed E-state index contributed by atoms with van der Waals surface area (Å²) in [6.07, 6.45) is 2.18. The minimum absolute atomic E-state index is 0.0306. The molecule has 1 unspecified atom stereocenters. The second-order valence-electron chi connectivity index (χ2n) is 2.56. The zero-order valence-electron chi connectivity index (χ0n) is 7.11. The predicted molar refractivity (Wildman–Crippen MR) is 45.1 cm³/mol. The summed E-state index contributed by atoms with van der Waals surface area (Å²) in [5.41, 5.74) is 10.6. The Morgan fingerprint density at radius 3 is 2.46 bits per heavy atom. The van der Waals surface area contributed by atoms with Gasteiger partial charge in [-0.05, 0) is 13.0 Å². The van der Waals surface area contributed by atoms with Crippen LogP contribution < -0.4 is 11.5 Å². The lowest BCUT2D eigenvalue weighted by Crippen LogP contribution is -2.30. The summed E-state index contributed by atoms with van der Waals surface area (Å²) in [6, 6.07) is 0. The summed E-state index contributed by atoms with van der Waals surface area (Å²) in [4.78, 5) is 21.5. The Labute approximate surface area is 75.0 Å². The van der Waals surface area contributed by atoms with Gasteiger partial charge in [0, 0.05) is 5.57 Å². The molecule has 0 fully saturated rings. The third-order valence-electron chi connectivity index (χ3n) is 1.68. The van der Waals surface area contributed by atoms with E-state index >= 15 is 0 Å². The van der Waals surface area contributed by atoms with Gasteiger partial charge in [-0.3, -0.25) is 9.59 Å². The Balaban J connectivity index is 2.92. The first-order chi connectivity index (χ1) is 6.06. The molecule has 70 valence electrons. The summed E-state index contributed by atoms with van der Waals surface area (Å²) in [5, 5.41) is 0.